The van der Waals surface area contributed by atoms with Gasteiger partial charge >= 0.3 is 0 Å². The Morgan fingerprint density at radius 1 is 1.60 bits per heavy atom. The predicted molar refractivity (Wildman–Crippen MR) is 45.9 cm³/mol. The lowest BCUT2D eigenvalue weighted by Gasteiger charge is -2.04. The van der Waals surface area contributed by atoms with E-state index in [4.69, 9.17) is 0 Å². The third-order valence-corrected chi connectivity index (χ3v) is 1.04. The molecule has 0 radical (unpaired) electrons. The van der Waals surface area contributed by atoms with E-state index in [1.807, 2.05) is 39.2 Å². The summed E-state index contributed by atoms with van der Waals surface area (Å²) in [6, 6.07) is 0. The Balaban J connectivity index is 4.01. The second-order valence-electron chi connectivity index (χ2n) is 2.09. The van der Waals surface area contributed by atoms with Crippen LogP contribution in [0.25, 0.3) is 0 Å². The van der Waals surface area contributed by atoms with E-state index in [-0.39, 0.29) is 0 Å². The minimum Gasteiger partial charge on any atom is -0.276 e. The highest BCUT2D eigenvalue weighted by Gasteiger charge is 1.83. The van der Waals surface area contributed by atoms with E-state index in [0.717, 1.165) is 5.57 Å². The summed E-state index contributed by atoms with van der Waals surface area (Å²) in [5, 5.41) is 5.36. The molecule has 0 saturated carbocycles. The molecule has 0 spiro atoms. The zero-order valence-electron chi connectivity index (χ0n) is 6.83. The summed E-state index contributed by atoms with van der Waals surface area (Å²) in [7, 11) is 1.85. The van der Waals surface area contributed by atoms with Gasteiger partial charge in [0, 0.05) is 20.0 Å². The first-order valence-electron chi connectivity index (χ1n) is 3.21. The first kappa shape index (κ1) is 8.95. The lowest BCUT2D eigenvalue weighted by Crippen LogP contribution is -1.99. The maximum atomic E-state index is 3.68. The van der Waals surface area contributed by atoms with E-state index >= 15 is 0 Å². The molecule has 0 saturated heterocycles. The molecule has 0 bridgehead atoms. The monoisotopic (exact) mass is 138 g/mol. The van der Waals surface area contributed by atoms with E-state index in [1.165, 1.54) is 0 Å². The van der Waals surface area contributed by atoms with Gasteiger partial charge in [-0.3, -0.25) is 5.01 Å². The molecule has 0 aromatic heterocycles. The Morgan fingerprint density at radius 3 is 2.60 bits per heavy atom. The average molecular weight is 138 g/mol. The van der Waals surface area contributed by atoms with Crippen molar-refractivity contribution < 1.29 is 0 Å². The number of hydrogen-bond donors (Lipinski definition) is 0. The smallest absolute Gasteiger partial charge is 0.0296 e. The van der Waals surface area contributed by atoms with E-state index < -0.39 is 0 Å². The minimum atomic E-state index is 1.16. The fourth-order valence-electron chi connectivity index (χ4n) is 0.641. The summed E-state index contributed by atoms with van der Waals surface area (Å²) in [5.74, 6) is 0. The SMILES string of the molecule is C=NN(C)/C=C(C)\C=C/C. The molecule has 0 amide bonds. The molecular weight excluding hydrogens is 124 g/mol. The van der Waals surface area contributed by atoms with Gasteiger partial charge in [0.2, 0.25) is 0 Å². The number of rotatable bonds is 3. The minimum absolute atomic E-state index is 1.16. The van der Waals surface area contributed by atoms with Crippen LogP contribution in [0.1, 0.15) is 13.8 Å². The van der Waals surface area contributed by atoms with Gasteiger partial charge in [0.25, 0.3) is 0 Å². The zero-order chi connectivity index (χ0) is 7.98. The molecule has 0 heterocycles. The molecule has 0 rings (SSSR count). The average Bonchev–Trinajstić information content (AvgIpc) is 1.88. The quantitative estimate of drug-likeness (QED) is 0.331. The van der Waals surface area contributed by atoms with Gasteiger partial charge in [0.15, 0.2) is 0 Å². The maximum absolute atomic E-state index is 3.68. The van der Waals surface area contributed by atoms with Crippen molar-refractivity contribution in [3.8, 4) is 0 Å². The summed E-state index contributed by atoms with van der Waals surface area (Å²) in [6.45, 7) is 7.38. The molecule has 2 heteroatoms. The van der Waals surface area contributed by atoms with Gasteiger partial charge in [0.1, 0.15) is 0 Å². The molecule has 0 aromatic carbocycles. The van der Waals surface area contributed by atoms with Crippen LogP contribution in [0.5, 0.6) is 0 Å². The second kappa shape index (κ2) is 4.79. The highest BCUT2D eigenvalue weighted by atomic mass is 15.4. The van der Waals surface area contributed by atoms with Crippen molar-refractivity contribution in [3.63, 3.8) is 0 Å². The molecule has 0 atom stereocenters. The van der Waals surface area contributed by atoms with Crippen LogP contribution in [-0.2, 0) is 0 Å². The van der Waals surface area contributed by atoms with Crippen molar-refractivity contribution in [1.29, 1.82) is 0 Å². The number of nitrogens with zero attached hydrogens (tertiary/aromatic N) is 2. The molecule has 0 fully saturated rings. The fourth-order valence-corrected chi connectivity index (χ4v) is 0.641. The van der Waals surface area contributed by atoms with Crippen molar-refractivity contribution in [1.82, 2.24) is 5.01 Å². The van der Waals surface area contributed by atoms with Crippen LogP contribution in [0.4, 0.5) is 0 Å². The first-order valence-corrected chi connectivity index (χ1v) is 3.21. The Morgan fingerprint density at radius 2 is 2.20 bits per heavy atom. The van der Waals surface area contributed by atoms with Gasteiger partial charge in [-0.25, -0.2) is 0 Å². The highest BCUT2D eigenvalue weighted by Crippen LogP contribution is 1.96. The topological polar surface area (TPSA) is 15.6 Å². The van der Waals surface area contributed by atoms with Crippen LogP contribution in [0.15, 0.2) is 29.0 Å². The van der Waals surface area contributed by atoms with Crippen LogP contribution in [0.3, 0.4) is 0 Å². The molecule has 10 heavy (non-hydrogen) atoms. The van der Waals surface area contributed by atoms with Gasteiger partial charge in [-0.15, -0.1) is 0 Å². The predicted octanol–water partition coefficient (Wildman–Crippen LogP) is 2.01. The van der Waals surface area contributed by atoms with Crippen molar-refractivity contribution >= 4 is 6.72 Å². The molecule has 0 aliphatic rings. The molecule has 0 aliphatic carbocycles. The van der Waals surface area contributed by atoms with Crippen molar-refractivity contribution in [2.24, 2.45) is 5.10 Å². The molecule has 2 nitrogen and oxygen atoms in total. The van der Waals surface area contributed by atoms with Crippen molar-refractivity contribution in [2.75, 3.05) is 7.05 Å². The van der Waals surface area contributed by atoms with Crippen LogP contribution < -0.4 is 0 Å². The van der Waals surface area contributed by atoms with Crippen LogP contribution in [-0.4, -0.2) is 18.8 Å². The lowest BCUT2D eigenvalue weighted by molar-refractivity contribution is 0.492. The Kier molecular flexibility index (Phi) is 4.29. The number of allylic oxidation sites excluding steroid dienone is 3. The summed E-state index contributed by atoms with van der Waals surface area (Å²) in [5.41, 5.74) is 1.16. The molecule has 0 N–H and O–H groups in total. The molecule has 56 valence electrons. The van der Waals surface area contributed by atoms with E-state index in [1.54, 1.807) is 5.01 Å². The second-order valence-corrected chi connectivity index (χ2v) is 2.09. The normalized spacial score (nSPS) is 12.1. The van der Waals surface area contributed by atoms with Crippen molar-refractivity contribution in [2.45, 2.75) is 13.8 Å². The van der Waals surface area contributed by atoms with Gasteiger partial charge in [-0.05, 0) is 19.4 Å². The summed E-state index contributed by atoms with van der Waals surface area (Å²) >= 11 is 0. The molecule has 0 aliphatic heterocycles. The molecule has 0 unspecified atom stereocenters. The van der Waals surface area contributed by atoms with E-state index in [2.05, 4.69) is 11.8 Å². The maximum Gasteiger partial charge on any atom is 0.0296 e. The first-order chi connectivity index (χ1) is 4.70. The molecule has 0 aromatic rings. The lowest BCUT2D eigenvalue weighted by atomic mass is 10.3. The molecular formula is C8H14N2. The van der Waals surface area contributed by atoms with E-state index in [0.29, 0.717) is 0 Å². The summed E-state index contributed by atoms with van der Waals surface area (Å²) in [6.07, 6.45) is 5.91. The van der Waals surface area contributed by atoms with Gasteiger partial charge in [-0.2, -0.15) is 5.10 Å². The van der Waals surface area contributed by atoms with Gasteiger partial charge in [0.05, 0.1) is 0 Å². The fraction of sp³-hybridized carbons (Fsp3) is 0.375. The Labute approximate surface area is 62.5 Å². The van der Waals surface area contributed by atoms with Crippen LogP contribution in [0.2, 0.25) is 0 Å². The van der Waals surface area contributed by atoms with Crippen LogP contribution in [0, 0.1) is 0 Å². The van der Waals surface area contributed by atoms with Gasteiger partial charge < -0.3 is 0 Å². The summed E-state index contributed by atoms with van der Waals surface area (Å²) < 4.78 is 0. The number of hydrogen-bond acceptors (Lipinski definition) is 2. The zero-order valence-corrected chi connectivity index (χ0v) is 6.83. The Bertz CT molecular complexity index is 157. The highest BCUT2D eigenvalue weighted by molar-refractivity contribution is 5.23. The van der Waals surface area contributed by atoms with E-state index in [9.17, 15) is 0 Å². The third-order valence-electron chi connectivity index (χ3n) is 1.04. The van der Waals surface area contributed by atoms with Gasteiger partial charge in [-0.1, -0.05) is 12.2 Å². The van der Waals surface area contributed by atoms with Crippen molar-refractivity contribution in [3.05, 3.63) is 23.9 Å². The standard InChI is InChI=1S/C8H14N2/c1-5-6-8(2)7-10(4)9-3/h5-7H,3H2,1-2,4H3/b6-5-,8-7-. The summed E-state index contributed by atoms with van der Waals surface area (Å²) in [4.78, 5) is 0. The largest absolute Gasteiger partial charge is 0.276 e. The number of hydrazone groups is 1. The van der Waals surface area contributed by atoms with Crippen LogP contribution >= 0.6 is 0 Å². The Hall–Kier alpha value is -1.05. The third kappa shape index (κ3) is 3.89.